The summed E-state index contributed by atoms with van der Waals surface area (Å²) in [6, 6.07) is 16.1. The van der Waals surface area contributed by atoms with Crippen molar-refractivity contribution in [2.24, 2.45) is 0 Å². The first-order valence-corrected chi connectivity index (χ1v) is 9.58. The second-order valence-corrected chi connectivity index (χ2v) is 7.76. The Kier molecular flexibility index (Phi) is 5.11. The fourth-order valence-corrected chi connectivity index (χ4v) is 4.03. The van der Waals surface area contributed by atoms with E-state index in [1.54, 1.807) is 18.2 Å². The van der Waals surface area contributed by atoms with Crippen molar-refractivity contribution in [3.8, 4) is 11.3 Å². The van der Waals surface area contributed by atoms with Gasteiger partial charge in [-0.25, -0.2) is 8.78 Å². The Labute approximate surface area is 169 Å². The van der Waals surface area contributed by atoms with Gasteiger partial charge in [0.15, 0.2) is 0 Å². The number of halogens is 2. The van der Waals surface area contributed by atoms with Crippen molar-refractivity contribution < 1.29 is 18.0 Å². The van der Waals surface area contributed by atoms with Gasteiger partial charge < -0.3 is 4.42 Å². The fourth-order valence-electron chi connectivity index (χ4n) is 2.80. The first-order chi connectivity index (χ1) is 13.5. The molecule has 2 heterocycles. The van der Waals surface area contributed by atoms with Crippen LogP contribution in [-0.4, -0.2) is 15.1 Å². The molecule has 0 atom stereocenters. The quantitative estimate of drug-likeness (QED) is 0.410. The highest BCUT2D eigenvalue weighted by Gasteiger charge is 2.32. The van der Waals surface area contributed by atoms with Crippen LogP contribution in [0, 0.1) is 11.6 Å². The van der Waals surface area contributed by atoms with E-state index in [1.807, 2.05) is 30.3 Å². The van der Waals surface area contributed by atoms with Gasteiger partial charge >= 0.3 is 0 Å². The van der Waals surface area contributed by atoms with Crippen LogP contribution in [-0.2, 0) is 11.3 Å². The van der Waals surface area contributed by atoms with Gasteiger partial charge in [0.05, 0.1) is 17.0 Å². The number of carbonyl (C=O) groups is 1. The Morgan fingerprint density at radius 2 is 1.86 bits per heavy atom. The number of nitrogens with zero attached hydrogens (tertiary/aromatic N) is 1. The largest absolute Gasteiger partial charge is 0.457 e. The Hall–Kier alpha value is -2.77. The van der Waals surface area contributed by atoms with Crippen LogP contribution >= 0.6 is 24.0 Å². The van der Waals surface area contributed by atoms with E-state index in [2.05, 4.69) is 0 Å². The number of hydrogen-bond donors (Lipinski definition) is 0. The van der Waals surface area contributed by atoms with Crippen LogP contribution in [0.1, 0.15) is 11.3 Å². The van der Waals surface area contributed by atoms with Crippen molar-refractivity contribution >= 4 is 40.3 Å². The molecule has 0 unspecified atom stereocenters. The highest BCUT2D eigenvalue weighted by molar-refractivity contribution is 8.26. The van der Waals surface area contributed by atoms with Gasteiger partial charge in [-0.05, 0) is 29.8 Å². The van der Waals surface area contributed by atoms with E-state index in [4.69, 9.17) is 16.6 Å². The van der Waals surface area contributed by atoms with Crippen molar-refractivity contribution in [1.82, 2.24) is 4.90 Å². The van der Waals surface area contributed by atoms with E-state index in [9.17, 15) is 13.6 Å². The number of benzene rings is 2. The topological polar surface area (TPSA) is 33.5 Å². The average Bonchev–Trinajstić information content (AvgIpc) is 3.23. The van der Waals surface area contributed by atoms with E-state index in [-0.39, 0.29) is 17.2 Å². The van der Waals surface area contributed by atoms with Crippen molar-refractivity contribution in [2.45, 2.75) is 6.54 Å². The summed E-state index contributed by atoms with van der Waals surface area (Å²) in [6.45, 7) is 0.396. The minimum atomic E-state index is -0.713. The lowest BCUT2D eigenvalue weighted by atomic mass is 10.1. The van der Waals surface area contributed by atoms with E-state index in [0.717, 1.165) is 17.7 Å². The monoisotopic (exact) mass is 413 g/mol. The SMILES string of the molecule is O=C1/C(=C/c2ccc(-c3ccc(F)cc3F)o2)SC(=S)N1Cc1ccccc1. The van der Waals surface area contributed by atoms with Crippen LogP contribution in [0.25, 0.3) is 17.4 Å². The lowest BCUT2D eigenvalue weighted by Gasteiger charge is -2.14. The molecule has 28 heavy (non-hydrogen) atoms. The summed E-state index contributed by atoms with van der Waals surface area (Å²) < 4.78 is 33.1. The molecule has 0 aliphatic carbocycles. The molecule has 1 fully saturated rings. The summed E-state index contributed by atoms with van der Waals surface area (Å²) in [6.07, 6.45) is 1.58. The highest BCUT2D eigenvalue weighted by atomic mass is 32.2. The summed E-state index contributed by atoms with van der Waals surface area (Å²) in [7, 11) is 0. The number of thioether (sulfide) groups is 1. The number of thiocarbonyl (C=S) groups is 1. The van der Waals surface area contributed by atoms with Gasteiger partial charge in [0.1, 0.15) is 27.5 Å². The van der Waals surface area contributed by atoms with Gasteiger partial charge in [0.2, 0.25) is 0 Å². The maximum atomic E-state index is 13.9. The van der Waals surface area contributed by atoms with Gasteiger partial charge in [-0.2, -0.15) is 0 Å². The van der Waals surface area contributed by atoms with E-state index >= 15 is 0 Å². The molecular formula is C21H13F2NO2S2. The van der Waals surface area contributed by atoms with Crippen LogP contribution in [0.2, 0.25) is 0 Å². The molecule has 140 valence electrons. The highest BCUT2D eigenvalue weighted by Crippen LogP contribution is 2.34. The molecule has 1 aliphatic rings. The normalized spacial score (nSPS) is 15.6. The fraction of sp³-hybridized carbons (Fsp3) is 0.0476. The van der Waals surface area contributed by atoms with Crippen molar-refractivity contribution in [1.29, 1.82) is 0 Å². The van der Waals surface area contributed by atoms with Gasteiger partial charge in [0, 0.05) is 12.1 Å². The van der Waals surface area contributed by atoms with Crippen LogP contribution in [0.4, 0.5) is 8.78 Å². The molecule has 4 rings (SSSR count). The molecule has 0 spiro atoms. The molecule has 1 amide bonds. The molecule has 2 aromatic carbocycles. The second-order valence-electron chi connectivity index (χ2n) is 6.08. The van der Waals surface area contributed by atoms with Crippen LogP contribution in [0.3, 0.4) is 0 Å². The number of hydrogen-bond acceptors (Lipinski definition) is 4. The zero-order chi connectivity index (χ0) is 19.7. The smallest absolute Gasteiger partial charge is 0.266 e. The molecule has 1 saturated heterocycles. The Balaban J connectivity index is 1.56. The number of amides is 1. The third-order valence-electron chi connectivity index (χ3n) is 4.15. The Morgan fingerprint density at radius 3 is 2.61 bits per heavy atom. The second kappa shape index (κ2) is 7.69. The Morgan fingerprint density at radius 1 is 1.07 bits per heavy atom. The van der Waals surface area contributed by atoms with Crippen molar-refractivity contribution in [3.63, 3.8) is 0 Å². The summed E-state index contributed by atoms with van der Waals surface area (Å²) in [4.78, 5) is 14.7. The maximum absolute atomic E-state index is 13.9. The molecule has 0 N–H and O–H groups in total. The third kappa shape index (κ3) is 3.76. The van der Waals surface area contributed by atoms with Gasteiger partial charge in [-0.1, -0.05) is 54.3 Å². The number of rotatable bonds is 4. The summed E-state index contributed by atoms with van der Waals surface area (Å²) in [5.74, 6) is -0.933. The number of carbonyl (C=O) groups excluding carboxylic acids is 1. The summed E-state index contributed by atoms with van der Waals surface area (Å²) in [5, 5.41) is 0. The zero-order valence-corrected chi connectivity index (χ0v) is 16.0. The molecule has 1 aliphatic heterocycles. The van der Waals surface area contributed by atoms with Gasteiger partial charge in [-0.15, -0.1) is 0 Å². The molecule has 0 saturated carbocycles. The number of furan rings is 1. The standard InChI is InChI=1S/C21H13F2NO2S2/c22-14-6-8-16(17(23)10-14)18-9-7-15(26-18)11-19-20(25)24(21(27)28-19)12-13-4-2-1-3-5-13/h1-11H,12H2/b19-11-. The molecule has 0 radical (unpaired) electrons. The van der Waals surface area contributed by atoms with Gasteiger partial charge in [-0.3, -0.25) is 9.69 Å². The summed E-state index contributed by atoms with van der Waals surface area (Å²) >= 11 is 6.52. The van der Waals surface area contributed by atoms with E-state index in [1.165, 1.54) is 22.7 Å². The minimum absolute atomic E-state index is 0.151. The third-order valence-corrected chi connectivity index (χ3v) is 5.53. The van der Waals surface area contributed by atoms with E-state index < -0.39 is 11.6 Å². The average molecular weight is 413 g/mol. The predicted octanol–water partition coefficient (Wildman–Crippen LogP) is 5.63. The van der Waals surface area contributed by atoms with Crippen LogP contribution in [0.15, 0.2) is 70.0 Å². The summed E-state index contributed by atoms with van der Waals surface area (Å²) in [5.41, 5.74) is 1.13. The molecule has 3 nitrogen and oxygen atoms in total. The molecule has 0 bridgehead atoms. The molecule has 1 aromatic heterocycles. The predicted molar refractivity (Wildman–Crippen MR) is 109 cm³/mol. The van der Waals surface area contributed by atoms with E-state index in [0.29, 0.717) is 21.5 Å². The lowest BCUT2D eigenvalue weighted by Crippen LogP contribution is -2.27. The first-order valence-electron chi connectivity index (χ1n) is 8.36. The zero-order valence-electron chi connectivity index (χ0n) is 14.4. The minimum Gasteiger partial charge on any atom is -0.457 e. The van der Waals surface area contributed by atoms with Crippen LogP contribution in [0.5, 0.6) is 0 Å². The van der Waals surface area contributed by atoms with Crippen molar-refractivity contribution in [2.75, 3.05) is 0 Å². The first kappa shape index (κ1) is 18.6. The maximum Gasteiger partial charge on any atom is 0.266 e. The van der Waals surface area contributed by atoms with Crippen LogP contribution < -0.4 is 0 Å². The molecule has 3 aromatic rings. The van der Waals surface area contributed by atoms with Gasteiger partial charge in [0.25, 0.3) is 5.91 Å². The molecule has 7 heteroatoms. The lowest BCUT2D eigenvalue weighted by molar-refractivity contribution is -0.122. The Bertz CT molecular complexity index is 1090. The van der Waals surface area contributed by atoms with Crippen molar-refractivity contribution in [3.05, 3.63) is 88.5 Å². The molecular weight excluding hydrogens is 400 g/mol.